The Morgan fingerprint density at radius 1 is 1.32 bits per heavy atom. The number of nitrogens with zero attached hydrogens (tertiary/aromatic N) is 1. The van der Waals surface area contributed by atoms with Crippen molar-refractivity contribution < 1.29 is 13.4 Å². The lowest BCUT2D eigenvalue weighted by Crippen LogP contribution is -2.38. The fourth-order valence-electron chi connectivity index (χ4n) is 2.13. The molecule has 1 aromatic rings. The zero-order valence-electron chi connectivity index (χ0n) is 10.6. The Balaban J connectivity index is 2.02. The second kappa shape index (κ2) is 6.14. The monoisotopic (exact) mass is 284 g/mol. The summed E-state index contributed by atoms with van der Waals surface area (Å²) < 4.78 is 25.6. The van der Waals surface area contributed by atoms with E-state index in [0.717, 1.165) is 25.3 Å². The van der Waals surface area contributed by atoms with Crippen molar-refractivity contribution in [3.05, 3.63) is 24.0 Å². The van der Waals surface area contributed by atoms with Crippen molar-refractivity contribution in [3.63, 3.8) is 0 Å². The standard InChI is InChI=1S/C13H17FN2O2S/c14-11-8-10(15)4-5-12(11)19(18)9-13(17)16-6-2-1-3-7-16/h4-5,8H,1-3,6-7,9,15H2. The molecule has 1 aliphatic rings. The van der Waals surface area contributed by atoms with Gasteiger partial charge < -0.3 is 10.6 Å². The van der Waals surface area contributed by atoms with Crippen LogP contribution in [0.1, 0.15) is 19.3 Å². The summed E-state index contributed by atoms with van der Waals surface area (Å²) in [5.41, 5.74) is 5.71. The van der Waals surface area contributed by atoms with Gasteiger partial charge in [0.15, 0.2) is 0 Å². The average molecular weight is 284 g/mol. The first-order chi connectivity index (χ1) is 9.08. The van der Waals surface area contributed by atoms with Crippen LogP contribution < -0.4 is 5.73 Å². The van der Waals surface area contributed by atoms with Crippen molar-refractivity contribution in [1.29, 1.82) is 0 Å². The number of piperidine rings is 1. The number of hydrogen-bond acceptors (Lipinski definition) is 3. The van der Waals surface area contributed by atoms with E-state index in [0.29, 0.717) is 13.1 Å². The topological polar surface area (TPSA) is 63.4 Å². The number of nitrogen functional groups attached to an aromatic ring is 1. The Kier molecular flexibility index (Phi) is 4.52. The number of amides is 1. The third-order valence-electron chi connectivity index (χ3n) is 3.16. The Hall–Kier alpha value is -1.43. The predicted octanol–water partition coefficient (Wildman–Crippen LogP) is 1.53. The summed E-state index contributed by atoms with van der Waals surface area (Å²) in [6, 6.07) is 3.99. The zero-order chi connectivity index (χ0) is 13.8. The van der Waals surface area contributed by atoms with Crippen LogP contribution in [0.25, 0.3) is 0 Å². The van der Waals surface area contributed by atoms with Crippen LogP contribution in [0.2, 0.25) is 0 Å². The van der Waals surface area contributed by atoms with Gasteiger partial charge >= 0.3 is 0 Å². The van der Waals surface area contributed by atoms with E-state index in [4.69, 9.17) is 5.73 Å². The summed E-state index contributed by atoms with van der Waals surface area (Å²) >= 11 is 0. The maximum atomic E-state index is 13.6. The molecule has 1 heterocycles. The Morgan fingerprint density at radius 2 is 2.00 bits per heavy atom. The molecule has 19 heavy (non-hydrogen) atoms. The fourth-order valence-corrected chi connectivity index (χ4v) is 3.18. The van der Waals surface area contributed by atoms with E-state index < -0.39 is 16.6 Å². The molecule has 0 spiro atoms. The molecule has 0 bridgehead atoms. The third-order valence-corrected chi connectivity index (χ3v) is 4.50. The third kappa shape index (κ3) is 3.53. The van der Waals surface area contributed by atoms with E-state index in [1.807, 2.05) is 0 Å². The van der Waals surface area contributed by atoms with E-state index in [-0.39, 0.29) is 22.2 Å². The van der Waals surface area contributed by atoms with Gasteiger partial charge in [-0.2, -0.15) is 0 Å². The predicted molar refractivity (Wildman–Crippen MR) is 72.5 cm³/mol. The minimum Gasteiger partial charge on any atom is -0.399 e. The molecular formula is C13H17FN2O2S. The number of benzene rings is 1. The van der Waals surface area contributed by atoms with Gasteiger partial charge in [-0.3, -0.25) is 9.00 Å². The Labute approximate surface area is 114 Å². The van der Waals surface area contributed by atoms with Crippen LogP contribution in [0.5, 0.6) is 0 Å². The quantitative estimate of drug-likeness (QED) is 0.856. The molecule has 4 nitrogen and oxygen atoms in total. The van der Waals surface area contributed by atoms with Crippen LogP contribution >= 0.6 is 0 Å². The highest BCUT2D eigenvalue weighted by molar-refractivity contribution is 7.85. The maximum absolute atomic E-state index is 13.6. The fraction of sp³-hybridized carbons (Fsp3) is 0.462. The highest BCUT2D eigenvalue weighted by Crippen LogP contribution is 2.17. The van der Waals surface area contributed by atoms with E-state index in [9.17, 15) is 13.4 Å². The molecule has 1 atom stereocenters. The number of nitrogens with two attached hydrogens (primary N) is 1. The number of hydrogen-bond donors (Lipinski definition) is 1. The summed E-state index contributed by atoms with van der Waals surface area (Å²) in [4.78, 5) is 13.7. The first-order valence-corrected chi connectivity index (χ1v) is 7.61. The summed E-state index contributed by atoms with van der Waals surface area (Å²) in [6.45, 7) is 1.42. The van der Waals surface area contributed by atoms with Gasteiger partial charge in [0.05, 0.1) is 15.7 Å². The number of carbonyl (C=O) groups excluding carboxylic acids is 1. The number of carbonyl (C=O) groups is 1. The molecule has 1 saturated heterocycles. The van der Waals surface area contributed by atoms with Crippen molar-refractivity contribution in [2.45, 2.75) is 24.2 Å². The Morgan fingerprint density at radius 3 is 2.63 bits per heavy atom. The van der Waals surface area contributed by atoms with Crippen molar-refractivity contribution >= 4 is 22.4 Å². The molecule has 1 aromatic carbocycles. The SMILES string of the molecule is Nc1ccc(S(=O)CC(=O)N2CCCCC2)c(F)c1. The smallest absolute Gasteiger partial charge is 0.235 e. The summed E-state index contributed by atoms with van der Waals surface area (Å²) in [5.74, 6) is -0.958. The van der Waals surface area contributed by atoms with E-state index >= 15 is 0 Å². The van der Waals surface area contributed by atoms with Crippen LogP contribution in [-0.2, 0) is 15.6 Å². The number of anilines is 1. The van der Waals surface area contributed by atoms with E-state index in [1.165, 1.54) is 12.1 Å². The lowest BCUT2D eigenvalue weighted by atomic mass is 10.1. The van der Waals surface area contributed by atoms with Crippen molar-refractivity contribution in [2.75, 3.05) is 24.6 Å². The van der Waals surface area contributed by atoms with Gasteiger partial charge in [-0.1, -0.05) is 0 Å². The van der Waals surface area contributed by atoms with Crippen LogP contribution in [0.4, 0.5) is 10.1 Å². The molecule has 0 aromatic heterocycles. The molecule has 1 amide bonds. The molecule has 2 N–H and O–H groups in total. The average Bonchev–Trinajstić information content (AvgIpc) is 2.39. The van der Waals surface area contributed by atoms with Gasteiger partial charge in [0.1, 0.15) is 11.6 Å². The molecular weight excluding hydrogens is 267 g/mol. The van der Waals surface area contributed by atoms with Crippen molar-refractivity contribution in [1.82, 2.24) is 4.90 Å². The molecule has 104 valence electrons. The zero-order valence-corrected chi connectivity index (χ0v) is 11.4. The number of likely N-dealkylation sites (tertiary alicyclic amines) is 1. The van der Waals surface area contributed by atoms with Gasteiger partial charge in [0.25, 0.3) is 0 Å². The summed E-state index contributed by atoms with van der Waals surface area (Å²) in [5, 5.41) is 0. The van der Waals surface area contributed by atoms with Gasteiger partial charge in [0.2, 0.25) is 5.91 Å². The molecule has 0 aliphatic carbocycles. The maximum Gasteiger partial charge on any atom is 0.235 e. The first kappa shape index (κ1) is 14.0. The molecule has 0 saturated carbocycles. The largest absolute Gasteiger partial charge is 0.399 e. The van der Waals surface area contributed by atoms with Gasteiger partial charge in [-0.15, -0.1) is 0 Å². The minimum atomic E-state index is -1.66. The highest BCUT2D eigenvalue weighted by Gasteiger charge is 2.20. The highest BCUT2D eigenvalue weighted by atomic mass is 32.2. The van der Waals surface area contributed by atoms with Gasteiger partial charge in [-0.05, 0) is 37.5 Å². The number of halogens is 1. The van der Waals surface area contributed by atoms with E-state index in [2.05, 4.69) is 0 Å². The first-order valence-electron chi connectivity index (χ1n) is 6.29. The van der Waals surface area contributed by atoms with Gasteiger partial charge in [-0.25, -0.2) is 4.39 Å². The van der Waals surface area contributed by atoms with Crippen LogP contribution in [0, 0.1) is 5.82 Å². The van der Waals surface area contributed by atoms with E-state index in [1.54, 1.807) is 4.90 Å². The van der Waals surface area contributed by atoms with Gasteiger partial charge in [0, 0.05) is 18.8 Å². The van der Waals surface area contributed by atoms with Crippen LogP contribution in [-0.4, -0.2) is 33.9 Å². The molecule has 1 fully saturated rings. The molecule has 1 unspecified atom stereocenters. The van der Waals surface area contributed by atoms with Crippen molar-refractivity contribution in [2.24, 2.45) is 0 Å². The summed E-state index contributed by atoms with van der Waals surface area (Å²) in [6.07, 6.45) is 3.09. The Bertz CT molecular complexity index is 501. The molecule has 0 radical (unpaired) electrons. The molecule has 1 aliphatic heterocycles. The lowest BCUT2D eigenvalue weighted by Gasteiger charge is -2.26. The summed E-state index contributed by atoms with van der Waals surface area (Å²) in [7, 11) is -1.66. The van der Waals surface area contributed by atoms with Crippen LogP contribution in [0.15, 0.2) is 23.1 Å². The number of rotatable bonds is 3. The molecule has 6 heteroatoms. The lowest BCUT2D eigenvalue weighted by molar-refractivity contribution is -0.129. The minimum absolute atomic E-state index is 0.0413. The normalized spacial score (nSPS) is 17.2. The molecule has 2 rings (SSSR count). The van der Waals surface area contributed by atoms with Crippen LogP contribution in [0.3, 0.4) is 0 Å². The van der Waals surface area contributed by atoms with Crippen molar-refractivity contribution in [3.8, 4) is 0 Å². The second-order valence-electron chi connectivity index (χ2n) is 4.62. The second-order valence-corrected chi connectivity index (χ2v) is 6.04.